The van der Waals surface area contributed by atoms with Crippen LogP contribution < -0.4 is 72.3 Å². The van der Waals surface area contributed by atoms with Gasteiger partial charge in [0.15, 0.2) is 10.0 Å². The van der Waals surface area contributed by atoms with E-state index in [1.807, 2.05) is 4.72 Å². The third-order valence-electron chi connectivity index (χ3n) is 1.16. The third kappa shape index (κ3) is 51.9. The molecule has 0 unspecified atom stereocenters. The Hall–Kier alpha value is -0.648. The van der Waals surface area contributed by atoms with Crippen LogP contribution in [-0.4, -0.2) is 66.7 Å². The SMILES string of the molecule is CC(=O)NS(=O)(=O)C(F)(F)F.CC(=O)[N-]S(=O)(=O)C(F)(F)F.CC(N)=O.CS(=O)(=O)Cl.O=CO[O-].[H-].[Li+].[Li+].[Li+]. The van der Waals surface area contributed by atoms with Crippen molar-refractivity contribution in [1.29, 1.82) is 0 Å². The molecule has 3 amide bonds. The first-order chi connectivity index (χ1) is 15.0. The molecule has 0 aliphatic heterocycles. The fraction of sp³-hybridized carbons (Fsp3) is 0.600. The van der Waals surface area contributed by atoms with Crippen LogP contribution in [0.25, 0.3) is 4.72 Å². The van der Waals surface area contributed by atoms with Crippen molar-refractivity contribution in [1.82, 2.24) is 4.72 Å². The smallest absolute Gasteiger partial charge is 1.00 e. The van der Waals surface area contributed by atoms with Crippen molar-refractivity contribution in [3.8, 4) is 0 Å². The summed E-state index contributed by atoms with van der Waals surface area (Å²) in [6.07, 6.45) is 0.925. The van der Waals surface area contributed by atoms with Gasteiger partial charge < -0.3 is 26.8 Å². The minimum Gasteiger partial charge on any atom is -1.00 e. The van der Waals surface area contributed by atoms with Gasteiger partial charge in [0.1, 0.15) is 0 Å². The number of rotatable bonds is 3. The number of carbonyl (C=O) groups is 4. The molecule has 0 aromatic carbocycles. The number of nitrogens with two attached hydrogens (primary N) is 1. The van der Waals surface area contributed by atoms with E-state index in [1.54, 1.807) is 0 Å². The van der Waals surface area contributed by atoms with Crippen LogP contribution in [0.15, 0.2) is 0 Å². The van der Waals surface area contributed by atoms with Crippen molar-refractivity contribution in [2.75, 3.05) is 6.26 Å². The number of hydrogen-bond donors (Lipinski definition) is 2. The molecule has 0 fully saturated rings. The van der Waals surface area contributed by atoms with E-state index in [0.717, 1.165) is 11.0 Å². The van der Waals surface area contributed by atoms with Crippen LogP contribution in [0.3, 0.4) is 0 Å². The molecule has 0 saturated carbocycles. The molecule has 0 atom stereocenters. The zero-order valence-corrected chi connectivity index (χ0v) is 23.6. The van der Waals surface area contributed by atoms with Crippen LogP contribution in [0.5, 0.6) is 0 Å². The predicted molar refractivity (Wildman–Crippen MR) is 102 cm³/mol. The first kappa shape index (κ1) is 57.3. The van der Waals surface area contributed by atoms with Crippen LogP contribution in [0, 0.1) is 0 Å². The molecule has 38 heavy (non-hydrogen) atoms. The van der Waals surface area contributed by atoms with Crippen molar-refractivity contribution in [3.05, 3.63) is 4.72 Å². The Balaban J connectivity index is -0.0000000430. The summed E-state index contributed by atoms with van der Waals surface area (Å²) >= 11 is 0. The number of sulfonamides is 2. The fourth-order valence-corrected chi connectivity index (χ4v) is 1.40. The maximum atomic E-state index is 11.4. The van der Waals surface area contributed by atoms with E-state index >= 15 is 0 Å². The number of nitrogens with zero attached hydrogens (tertiary/aromatic N) is 1. The van der Waals surface area contributed by atoms with Crippen LogP contribution >= 0.6 is 10.7 Å². The van der Waals surface area contributed by atoms with E-state index in [-0.39, 0.29) is 70.4 Å². The minimum atomic E-state index is -5.62. The Morgan fingerprint density at radius 2 is 1.16 bits per heavy atom. The first-order valence-corrected chi connectivity index (χ1v) is 12.6. The average Bonchev–Trinajstić information content (AvgIpc) is 2.49. The van der Waals surface area contributed by atoms with E-state index < -0.39 is 51.9 Å². The van der Waals surface area contributed by atoms with Crippen molar-refractivity contribution >= 4 is 64.0 Å². The van der Waals surface area contributed by atoms with E-state index in [9.17, 15) is 66.0 Å². The Morgan fingerprint density at radius 3 is 1.21 bits per heavy atom. The summed E-state index contributed by atoms with van der Waals surface area (Å²) in [6, 6.07) is 0. The molecule has 0 aromatic rings. The van der Waals surface area contributed by atoms with Gasteiger partial charge >= 0.3 is 77.6 Å². The minimum absolute atomic E-state index is 0. The molecule has 0 radical (unpaired) electrons. The van der Waals surface area contributed by atoms with Gasteiger partial charge in [-0.15, -0.1) is 0 Å². The number of halogens is 7. The van der Waals surface area contributed by atoms with E-state index in [2.05, 4.69) is 21.3 Å². The number of hydrogen-bond acceptors (Lipinski definition) is 12. The van der Waals surface area contributed by atoms with Gasteiger partial charge in [-0.05, 0) is 6.92 Å². The zero-order chi connectivity index (χ0) is 30.1. The molecule has 0 spiro atoms. The Kier molecular flexibility index (Phi) is 38.2. The summed E-state index contributed by atoms with van der Waals surface area (Å²) in [4.78, 5) is 40.2. The largest absolute Gasteiger partial charge is 1.00 e. The van der Waals surface area contributed by atoms with Gasteiger partial charge in [-0.25, -0.2) is 21.6 Å². The second kappa shape index (κ2) is 25.3. The molecule has 0 heterocycles. The zero-order valence-electron chi connectivity index (χ0n) is 21.4. The normalized spacial score (nSPS) is 10.1. The Bertz CT molecular complexity index is 948. The van der Waals surface area contributed by atoms with Crippen molar-refractivity contribution in [3.63, 3.8) is 0 Å². The van der Waals surface area contributed by atoms with Crippen LogP contribution in [0.4, 0.5) is 26.3 Å². The second-order valence-electron chi connectivity index (χ2n) is 4.62. The van der Waals surface area contributed by atoms with Crippen molar-refractivity contribution in [2.24, 2.45) is 5.73 Å². The molecule has 0 bridgehead atoms. The molecule has 0 aromatic heterocycles. The summed E-state index contributed by atoms with van der Waals surface area (Å²) in [7, 11) is -9.81. The molecule has 0 saturated heterocycles. The third-order valence-corrected chi connectivity index (χ3v) is 3.41. The van der Waals surface area contributed by atoms with Gasteiger partial charge in [-0.3, -0.25) is 14.4 Å². The van der Waals surface area contributed by atoms with E-state index in [4.69, 9.17) is 10.1 Å². The molecule has 0 aliphatic rings. The number of alkyl halides is 6. The van der Waals surface area contributed by atoms with Crippen LogP contribution in [0.2, 0.25) is 0 Å². The summed E-state index contributed by atoms with van der Waals surface area (Å²) in [5.41, 5.74) is -6.45. The maximum Gasteiger partial charge on any atom is 1.00 e. The van der Waals surface area contributed by atoms with Crippen molar-refractivity contribution < 1.29 is 139 Å². The molecule has 15 nitrogen and oxygen atoms in total. The fourth-order valence-electron chi connectivity index (χ4n) is 0.468. The summed E-state index contributed by atoms with van der Waals surface area (Å²) in [5, 5.41) is 8.43. The van der Waals surface area contributed by atoms with Crippen LogP contribution in [-0.2, 0) is 53.2 Å². The Morgan fingerprint density at radius 1 is 0.921 bits per heavy atom. The monoisotopic (exact) mass is 637 g/mol. The van der Waals surface area contributed by atoms with Gasteiger partial charge in [0.25, 0.3) is 6.47 Å². The van der Waals surface area contributed by atoms with Gasteiger partial charge in [0, 0.05) is 24.5 Å². The summed E-state index contributed by atoms with van der Waals surface area (Å²) in [5.74, 6) is -3.01. The molecular formula is C10H17ClF6Li3N3O12S3. The number of nitrogens with one attached hydrogen (secondary N) is 1. The maximum absolute atomic E-state index is 11.4. The standard InChI is InChI=1S/2C3H4F3NO3S.C2H5NO.CH3ClO2S.CH2O3.3Li.H/c2*1-2(8)7-11(9,10)3(4,5)6;1-2(3)4;1-5(2,3)4;2-1-4-3;;;;/h2*1H3,(H,7,8);1H3,(H2,3,4);1H3;1,3H;;;;/q;;;;;3*+1;-1/p-2. The van der Waals surface area contributed by atoms with Crippen LogP contribution in [0.1, 0.15) is 22.2 Å². The first-order valence-electron chi connectivity index (χ1n) is 7.00. The van der Waals surface area contributed by atoms with Gasteiger partial charge in [0.05, 0.1) is 12.2 Å². The summed E-state index contributed by atoms with van der Waals surface area (Å²) in [6.45, 7) is 2.41. The van der Waals surface area contributed by atoms with E-state index in [0.29, 0.717) is 13.8 Å². The molecule has 3 N–H and O–H groups in total. The predicted octanol–water partition coefficient (Wildman–Crippen LogP) is -10.0. The van der Waals surface area contributed by atoms with Gasteiger partial charge in [-0.2, -0.15) is 34.8 Å². The summed E-state index contributed by atoms with van der Waals surface area (Å²) < 4.78 is 130. The number of carbonyl (C=O) groups excluding carboxylic acids is 4. The second-order valence-corrected chi connectivity index (χ2v) is 10.9. The Labute approximate surface area is 254 Å². The molecule has 0 rings (SSSR count). The molecule has 0 aliphatic carbocycles. The number of primary amides is 1. The van der Waals surface area contributed by atoms with Gasteiger partial charge in [-0.1, -0.05) is 0 Å². The van der Waals surface area contributed by atoms with Gasteiger partial charge in [0.2, 0.25) is 20.9 Å². The molecule has 28 heteroatoms. The average molecular weight is 638 g/mol. The molecular weight excluding hydrogens is 621 g/mol. The van der Waals surface area contributed by atoms with E-state index in [1.165, 1.54) is 6.92 Å². The topological polar surface area (TPSA) is 255 Å². The number of amides is 3. The van der Waals surface area contributed by atoms with Crippen molar-refractivity contribution in [2.45, 2.75) is 31.8 Å². The molecule has 214 valence electrons. The quantitative estimate of drug-likeness (QED) is 0.0730.